The Morgan fingerprint density at radius 3 is 2.45 bits per heavy atom. The summed E-state index contributed by atoms with van der Waals surface area (Å²) in [6.07, 6.45) is 1.53. The van der Waals surface area contributed by atoms with Crippen LogP contribution < -0.4 is 10.0 Å². The first-order valence-electron chi connectivity index (χ1n) is 9.40. The van der Waals surface area contributed by atoms with Crippen molar-refractivity contribution in [3.05, 3.63) is 53.5 Å². The maximum Gasteiger partial charge on any atom is 0.341 e. The molecule has 1 aromatic carbocycles. The number of carbonyl (C=O) groups excluding carboxylic acids is 2. The predicted molar refractivity (Wildman–Crippen MR) is 112 cm³/mol. The van der Waals surface area contributed by atoms with Gasteiger partial charge in [-0.05, 0) is 45.0 Å². The van der Waals surface area contributed by atoms with Crippen molar-refractivity contribution in [1.82, 2.24) is 14.9 Å². The fraction of sp³-hybridized carbons (Fsp3) is 0.250. The largest absolute Gasteiger partial charge is 0.462 e. The lowest BCUT2D eigenvalue weighted by molar-refractivity contribution is -0.115. The van der Waals surface area contributed by atoms with Crippen molar-refractivity contribution in [3.63, 3.8) is 0 Å². The van der Waals surface area contributed by atoms with Crippen LogP contribution >= 0.6 is 0 Å². The molecule has 11 heteroatoms. The molecule has 2 heterocycles. The van der Waals surface area contributed by atoms with Crippen LogP contribution in [-0.4, -0.2) is 43.6 Å². The summed E-state index contributed by atoms with van der Waals surface area (Å²) in [5.41, 5.74) is 1.83. The molecule has 0 spiro atoms. The molecule has 0 bridgehead atoms. The summed E-state index contributed by atoms with van der Waals surface area (Å²) in [5.74, 6) is -0.736. The van der Waals surface area contributed by atoms with E-state index >= 15 is 0 Å². The van der Waals surface area contributed by atoms with Crippen LogP contribution in [0.5, 0.6) is 0 Å². The van der Waals surface area contributed by atoms with E-state index in [1.54, 1.807) is 44.2 Å². The van der Waals surface area contributed by atoms with Crippen molar-refractivity contribution in [2.75, 3.05) is 18.5 Å². The average Bonchev–Trinajstić information content (AvgIpc) is 3.35. The van der Waals surface area contributed by atoms with Gasteiger partial charge in [-0.3, -0.25) is 4.79 Å². The number of sulfonamides is 1. The Labute approximate surface area is 179 Å². The van der Waals surface area contributed by atoms with Gasteiger partial charge in [-0.2, -0.15) is 0 Å². The normalized spacial score (nSPS) is 11.3. The van der Waals surface area contributed by atoms with E-state index in [9.17, 15) is 18.0 Å². The van der Waals surface area contributed by atoms with Crippen molar-refractivity contribution in [1.29, 1.82) is 0 Å². The predicted octanol–water partition coefficient (Wildman–Crippen LogP) is 2.38. The number of H-pyrrole nitrogens is 1. The first-order chi connectivity index (χ1) is 14.7. The Kier molecular flexibility index (Phi) is 6.56. The maximum absolute atomic E-state index is 12.8. The standard InChI is InChI=1S/C20H22N4O6S/c1-4-29-20(26)18-12(2)23-13(3)19(18)31(27,28)22-11-17(25)24-15-7-5-14(6-8-15)16-9-10-21-30-16/h5-10,22-23H,4,11H2,1-3H3,(H,24,25). The lowest BCUT2D eigenvalue weighted by Crippen LogP contribution is -2.33. The minimum atomic E-state index is -4.15. The number of anilines is 1. The Morgan fingerprint density at radius 1 is 1.13 bits per heavy atom. The van der Waals surface area contributed by atoms with Gasteiger partial charge >= 0.3 is 5.97 Å². The quantitative estimate of drug-likeness (QED) is 0.451. The maximum atomic E-state index is 12.8. The molecule has 0 aliphatic heterocycles. The molecule has 31 heavy (non-hydrogen) atoms. The number of benzene rings is 1. The zero-order valence-corrected chi connectivity index (χ0v) is 18.0. The third kappa shape index (κ3) is 5.01. The van der Waals surface area contributed by atoms with Gasteiger partial charge in [0.15, 0.2) is 5.76 Å². The van der Waals surface area contributed by atoms with E-state index in [1.807, 2.05) is 0 Å². The Bertz CT molecular complexity index is 1180. The van der Waals surface area contributed by atoms with E-state index in [-0.39, 0.29) is 22.8 Å². The minimum absolute atomic E-state index is 0.0738. The molecule has 3 N–H and O–H groups in total. The van der Waals surface area contributed by atoms with Gasteiger partial charge in [0, 0.05) is 28.7 Å². The highest BCUT2D eigenvalue weighted by Gasteiger charge is 2.30. The molecule has 0 saturated heterocycles. The van der Waals surface area contributed by atoms with Gasteiger partial charge in [-0.1, -0.05) is 5.16 Å². The Morgan fingerprint density at radius 2 is 1.84 bits per heavy atom. The van der Waals surface area contributed by atoms with E-state index < -0.39 is 28.4 Å². The average molecular weight is 446 g/mol. The number of hydrogen-bond donors (Lipinski definition) is 3. The van der Waals surface area contributed by atoms with Crippen molar-refractivity contribution in [2.24, 2.45) is 0 Å². The summed E-state index contributed by atoms with van der Waals surface area (Å²) in [6.45, 7) is 4.32. The van der Waals surface area contributed by atoms with E-state index in [2.05, 4.69) is 20.2 Å². The van der Waals surface area contributed by atoms with Crippen LogP contribution in [0.2, 0.25) is 0 Å². The second-order valence-electron chi connectivity index (χ2n) is 6.63. The highest BCUT2D eigenvalue weighted by Crippen LogP contribution is 2.24. The number of amides is 1. The van der Waals surface area contributed by atoms with Crippen molar-refractivity contribution in [2.45, 2.75) is 25.7 Å². The third-order valence-corrected chi connectivity index (χ3v) is 5.95. The number of ether oxygens (including phenoxy) is 1. The number of aryl methyl sites for hydroxylation is 2. The molecule has 0 radical (unpaired) electrons. The Balaban J connectivity index is 1.68. The number of esters is 1. The summed E-state index contributed by atoms with van der Waals surface area (Å²) >= 11 is 0. The molecule has 3 aromatic rings. The van der Waals surface area contributed by atoms with Crippen LogP contribution in [0, 0.1) is 13.8 Å². The summed E-state index contributed by atoms with van der Waals surface area (Å²) in [7, 11) is -4.15. The van der Waals surface area contributed by atoms with Crippen molar-refractivity contribution >= 4 is 27.6 Å². The lowest BCUT2D eigenvalue weighted by atomic mass is 10.1. The molecule has 164 valence electrons. The van der Waals surface area contributed by atoms with Gasteiger partial charge < -0.3 is 19.6 Å². The van der Waals surface area contributed by atoms with Crippen LogP contribution in [0.4, 0.5) is 5.69 Å². The molecule has 0 fully saturated rings. The highest BCUT2D eigenvalue weighted by atomic mass is 32.2. The van der Waals surface area contributed by atoms with Crippen LogP contribution in [0.1, 0.15) is 28.7 Å². The number of carbonyl (C=O) groups is 2. The highest BCUT2D eigenvalue weighted by molar-refractivity contribution is 7.89. The summed E-state index contributed by atoms with van der Waals surface area (Å²) < 4.78 is 37.8. The molecule has 0 saturated carbocycles. The molecule has 0 unspecified atom stereocenters. The number of aromatic nitrogens is 2. The first kappa shape index (κ1) is 22.2. The number of aromatic amines is 1. The van der Waals surface area contributed by atoms with E-state index in [4.69, 9.17) is 9.26 Å². The van der Waals surface area contributed by atoms with Gasteiger partial charge in [0.1, 0.15) is 10.5 Å². The van der Waals surface area contributed by atoms with Gasteiger partial charge in [-0.15, -0.1) is 0 Å². The molecular formula is C20H22N4O6S. The second kappa shape index (κ2) is 9.14. The SMILES string of the molecule is CCOC(=O)c1c(C)[nH]c(C)c1S(=O)(=O)NCC(=O)Nc1ccc(-c2ccno2)cc1. The van der Waals surface area contributed by atoms with Crippen LogP contribution in [0.25, 0.3) is 11.3 Å². The molecule has 0 atom stereocenters. The molecule has 3 rings (SSSR count). The molecule has 10 nitrogen and oxygen atoms in total. The van der Waals surface area contributed by atoms with E-state index in [1.165, 1.54) is 13.1 Å². The Hall–Kier alpha value is -3.44. The second-order valence-corrected chi connectivity index (χ2v) is 8.33. The van der Waals surface area contributed by atoms with Crippen LogP contribution in [0.3, 0.4) is 0 Å². The van der Waals surface area contributed by atoms with Gasteiger partial charge in [0.05, 0.1) is 19.3 Å². The number of nitrogens with zero attached hydrogens (tertiary/aromatic N) is 1. The number of hydrogen-bond acceptors (Lipinski definition) is 7. The lowest BCUT2D eigenvalue weighted by Gasteiger charge is -2.10. The summed E-state index contributed by atoms with van der Waals surface area (Å²) in [6, 6.07) is 8.49. The fourth-order valence-electron chi connectivity index (χ4n) is 3.06. The van der Waals surface area contributed by atoms with E-state index in [0.717, 1.165) is 5.56 Å². The smallest absolute Gasteiger partial charge is 0.341 e. The van der Waals surface area contributed by atoms with Gasteiger partial charge in [-0.25, -0.2) is 17.9 Å². The topological polar surface area (TPSA) is 143 Å². The molecular weight excluding hydrogens is 424 g/mol. The number of nitrogens with one attached hydrogen (secondary N) is 3. The molecule has 0 aliphatic carbocycles. The monoisotopic (exact) mass is 446 g/mol. The van der Waals surface area contributed by atoms with Crippen molar-refractivity contribution in [3.8, 4) is 11.3 Å². The zero-order chi connectivity index (χ0) is 22.6. The van der Waals surface area contributed by atoms with Crippen LogP contribution in [0.15, 0.2) is 45.9 Å². The van der Waals surface area contributed by atoms with Gasteiger partial charge in [0.2, 0.25) is 15.9 Å². The van der Waals surface area contributed by atoms with Crippen molar-refractivity contribution < 1.29 is 27.3 Å². The molecule has 0 aliphatic rings. The minimum Gasteiger partial charge on any atom is -0.462 e. The first-order valence-corrected chi connectivity index (χ1v) is 10.9. The molecule has 2 aromatic heterocycles. The van der Waals surface area contributed by atoms with Crippen LogP contribution in [-0.2, 0) is 19.6 Å². The van der Waals surface area contributed by atoms with Gasteiger partial charge in [0.25, 0.3) is 0 Å². The summed E-state index contributed by atoms with van der Waals surface area (Å²) in [4.78, 5) is 27.1. The zero-order valence-electron chi connectivity index (χ0n) is 17.2. The number of rotatable bonds is 8. The third-order valence-electron chi connectivity index (χ3n) is 4.38. The fourth-order valence-corrected chi connectivity index (χ4v) is 4.49. The summed E-state index contributed by atoms with van der Waals surface area (Å²) in [5, 5.41) is 6.24. The van der Waals surface area contributed by atoms with E-state index in [0.29, 0.717) is 17.1 Å². The molecule has 1 amide bonds.